The molecule has 0 aromatic carbocycles. The molecule has 0 aliphatic heterocycles. The molecular formula is C16H33LiO3. The standard InChI is InChI=1S/C15H31.CH2O3.Li/c1-3-5-7-9-11-13-15-14-12-10-8-6-4-2;2-1(3)4;/h1,3-15H2,2H3;(H2,2,3,4);. The second kappa shape index (κ2) is 21.2. The van der Waals surface area contributed by atoms with Crippen LogP contribution in [0.5, 0.6) is 0 Å². The van der Waals surface area contributed by atoms with Gasteiger partial charge in [0.15, 0.2) is 0 Å². The summed E-state index contributed by atoms with van der Waals surface area (Å²) in [5.74, 6) is 0. The molecule has 0 spiro atoms. The number of hydrogen-bond acceptors (Lipinski definition) is 1. The molecule has 0 aromatic rings. The van der Waals surface area contributed by atoms with E-state index in [-0.39, 0.29) is 0 Å². The van der Waals surface area contributed by atoms with Crippen LogP contribution in [0.4, 0.5) is 4.79 Å². The minimum Gasteiger partial charge on any atom is -0.0654 e. The van der Waals surface area contributed by atoms with Gasteiger partial charge >= 0.3 is 99.6 Å². The van der Waals surface area contributed by atoms with Crippen LogP contribution in [0, 0.1) is 0 Å². The van der Waals surface area contributed by atoms with Gasteiger partial charge in [0.2, 0.25) is 0 Å². The molecule has 116 valence electrons. The summed E-state index contributed by atoms with van der Waals surface area (Å²) < 4.78 is 0. The Hall–Kier alpha value is -0.133. The predicted octanol–water partition coefficient (Wildman–Crippen LogP) is 5.89. The van der Waals surface area contributed by atoms with Crippen LogP contribution in [0.2, 0.25) is 5.09 Å². The molecule has 20 heavy (non-hydrogen) atoms. The van der Waals surface area contributed by atoms with Crippen molar-refractivity contribution in [3.8, 4) is 0 Å². The number of unbranched alkanes of at least 4 members (excludes halogenated alkanes) is 12. The third-order valence-corrected chi connectivity index (χ3v) is 3.46. The SMILES string of the molecule is O=C(O)O.[Li][CH2]CCCCCCCCCCCCCC. The van der Waals surface area contributed by atoms with Crippen LogP contribution in [0.3, 0.4) is 0 Å². The molecule has 0 fully saturated rings. The van der Waals surface area contributed by atoms with Crippen molar-refractivity contribution in [3.63, 3.8) is 0 Å². The van der Waals surface area contributed by atoms with E-state index in [0.29, 0.717) is 0 Å². The Morgan fingerprint density at radius 2 is 0.950 bits per heavy atom. The zero-order chi connectivity index (χ0) is 15.5. The van der Waals surface area contributed by atoms with Crippen molar-refractivity contribution in [3.05, 3.63) is 0 Å². The van der Waals surface area contributed by atoms with Crippen molar-refractivity contribution in [1.82, 2.24) is 0 Å². The van der Waals surface area contributed by atoms with Gasteiger partial charge in [-0.15, -0.1) is 0 Å². The van der Waals surface area contributed by atoms with E-state index in [1.807, 2.05) is 0 Å². The quantitative estimate of drug-likeness (QED) is 0.327. The molecule has 0 aliphatic rings. The van der Waals surface area contributed by atoms with Gasteiger partial charge in [0.25, 0.3) is 0 Å². The Bertz CT molecular complexity index is 169. The normalized spacial score (nSPS) is 9.95. The van der Waals surface area contributed by atoms with Gasteiger partial charge in [-0.1, -0.05) is 19.8 Å². The van der Waals surface area contributed by atoms with Crippen LogP contribution in [-0.4, -0.2) is 34.1 Å². The van der Waals surface area contributed by atoms with E-state index in [0.717, 1.165) is 0 Å². The van der Waals surface area contributed by atoms with E-state index >= 15 is 0 Å². The van der Waals surface area contributed by atoms with E-state index < -0.39 is 6.16 Å². The van der Waals surface area contributed by atoms with Gasteiger partial charge in [0.05, 0.1) is 0 Å². The minimum absolute atomic E-state index is 1.37. The second-order valence-electron chi connectivity index (χ2n) is 5.53. The first-order valence-corrected chi connectivity index (χ1v) is 8.57. The molecule has 2 N–H and O–H groups in total. The van der Waals surface area contributed by atoms with Crippen LogP contribution < -0.4 is 0 Å². The molecule has 4 heteroatoms. The van der Waals surface area contributed by atoms with Gasteiger partial charge < -0.3 is 10.2 Å². The first kappa shape index (κ1) is 22.2. The Morgan fingerprint density at radius 1 is 0.700 bits per heavy atom. The number of carboxylic acid groups (broad SMARTS) is 2. The third-order valence-electron chi connectivity index (χ3n) is 3.46. The zero-order valence-corrected chi connectivity index (χ0v) is 13.7. The number of rotatable bonds is 13. The summed E-state index contributed by atoms with van der Waals surface area (Å²) in [5, 5.41) is 15.3. The van der Waals surface area contributed by atoms with Gasteiger partial charge in [0.1, 0.15) is 0 Å². The van der Waals surface area contributed by atoms with E-state index in [2.05, 4.69) is 24.6 Å². The molecule has 0 aromatic heterocycles. The van der Waals surface area contributed by atoms with E-state index in [1.54, 1.807) is 0 Å². The second-order valence-corrected chi connectivity index (χ2v) is 5.53. The van der Waals surface area contributed by atoms with Gasteiger partial charge in [-0.25, -0.2) is 4.79 Å². The van der Waals surface area contributed by atoms with E-state index in [4.69, 9.17) is 15.0 Å². The van der Waals surface area contributed by atoms with E-state index in [1.165, 1.54) is 88.6 Å². The average molecular weight is 280 g/mol. The fourth-order valence-electron chi connectivity index (χ4n) is 2.27. The van der Waals surface area contributed by atoms with Crippen LogP contribution in [0.15, 0.2) is 0 Å². The summed E-state index contributed by atoms with van der Waals surface area (Å²) in [6.45, 7) is 2.29. The first-order valence-electron chi connectivity index (χ1n) is 8.57. The first-order chi connectivity index (χ1) is 9.65. The summed E-state index contributed by atoms with van der Waals surface area (Å²) in [5.41, 5.74) is 0. The monoisotopic (exact) mass is 280 g/mol. The zero-order valence-electron chi connectivity index (χ0n) is 13.7. The Labute approximate surface area is 134 Å². The average Bonchev–Trinajstić information content (AvgIpc) is 2.39. The Balaban J connectivity index is 0. The summed E-state index contributed by atoms with van der Waals surface area (Å²) >= 11 is 2.29. The van der Waals surface area contributed by atoms with Crippen LogP contribution in [0.1, 0.15) is 90.4 Å². The van der Waals surface area contributed by atoms with Gasteiger partial charge in [-0.2, -0.15) is 0 Å². The fraction of sp³-hybridized carbons (Fsp3) is 0.938. The van der Waals surface area contributed by atoms with Crippen molar-refractivity contribution < 1.29 is 15.0 Å². The van der Waals surface area contributed by atoms with Crippen LogP contribution in [-0.2, 0) is 0 Å². The molecule has 3 nitrogen and oxygen atoms in total. The molecule has 0 rings (SSSR count). The molecule has 0 saturated carbocycles. The summed E-state index contributed by atoms with van der Waals surface area (Å²) in [6, 6.07) is 0. The van der Waals surface area contributed by atoms with Crippen molar-refractivity contribution in [2.24, 2.45) is 0 Å². The maximum absolute atomic E-state index is 8.56. The third kappa shape index (κ3) is 30.7. The topological polar surface area (TPSA) is 57.5 Å². The fourth-order valence-corrected chi connectivity index (χ4v) is 2.27. The molecule has 0 atom stereocenters. The summed E-state index contributed by atoms with van der Waals surface area (Å²) in [6.07, 6.45) is 17.2. The smallest absolute Gasteiger partial charge is 0.0654 e. The predicted molar refractivity (Wildman–Crippen MR) is 86.9 cm³/mol. The van der Waals surface area contributed by atoms with Crippen molar-refractivity contribution in [2.45, 2.75) is 95.5 Å². The summed E-state index contributed by atoms with van der Waals surface area (Å²) in [4.78, 5) is 8.56. The number of hydrogen-bond donors (Lipinski definition) is 2. The van der Waals surface area contributed by atoms with Crippen molar-refractivity contribution in [1.29, 1.82) is 0 Å². The van der Waals surface area contributed by atoms with Crippen LogP contribution >= 0.6 is 0 Å². The van der Waals surface area contributed by atoms with Crippen LogP contribution in [0.25, 0.3) is 0 Å². The van der Waals surface area contributed by atoms with Gasteiger partial charge in [-0.05, 0) is 0 Å². The van der Waals surface area contributed by atoms with Crippen molar-refractivity contribution >= 4 is 23.9 Å². The van der Waals surface area contributed by atoms with Gasteiger partial charge in [0, 0.05) is 0 Å². The van der Waals surface area contributed by atoms with Crippen molar-refractivity contribution in [2.75, 3.05) is 0 Å². The minimum atomic E-state index is -1.83. The summed E-state index contributed by atoms with van der Waals surface area (Å²) in [7, 11) is 0. The van der Waals surface area contributed by atoms with E-state index in [9.17, 15) is 0 Å². The number of carbonyl (C=O) groups is 1. The van der Waals surface area contributed by atoms with Gasteiger partial charge in [-0.3, -0.25) is 0 Å². The molecule has 0 aliphatic carbocycles. The molecule has 0 saturated heterocycles. The maximum atomic E-state index is 8.56. The Kier molecular flexibility index (Phi) is 23.5. The molecule has 0 bridgehead atoms. The molecule has 0 radical (unpaired) electrons. The molecule has 0 amide bonds. The molecular weight excluding hydrogens is 247 g/mol. The molecule has 0 unspecified atom stereocenters. The molecule has 0 heterocycles. The Morgan fingerprint density at radius 3 is 1.20 bits per heavy atom.